The van der Waals surface area contributed by atoms with Crippen molar-refractivity contribution in [3.8, 4) is 23.0 Å². The van der Waals surface area contributed by atoms with Crippen LogP contribution in [-0.4, -0.2) is 22.4 Å². The smallest absolute Gasteiger partial charge is 0.157 e. The minimum Gasteiger partial charge on any atom is -0.508 e. The highest BCUT2D eigenvalue weighted by molar-refractivity contribution is 5.61. The molecule has 0 radical (unpaired) electrons. The van der Waals surface area contributed by atoms with Crippen LogP contribution in [0.3, 0.4) is 0 Å². The van der Waals surface area contributed by atoms with Gasteiger partial charge >= 0.3 is 0 Å². The summed E-state index contributed by atoms with van der Waals surface area (Å²) in [6, 6.07) is 6.92. The predicted molar refractivity (Wildman–Crippen MR) is 114 cm³/mol. The van der Waals surface area contributed by atoms with Gasteiger partial charge in [-0.1, -0.05) is 31.6 Å². The van der Waals surface area contributed by atoms with Gasteiger partial charge < -0.3 is 20.1 Å². The van der Waals surface area contributed by atoms with Crippen molar-refractivity contribution < 1.29 is 20.1 Å². The largest absolute Gasteiger partial charge is 0.508 e. The Morgan fingerprint density at radius 1 is 1.10 bits per heavy atom. The number of phenols is 3. The highest BCUT2D eigenvalue weighted by Crippen LogP contribution is 2.71. The van der Waals surface area contributed by atoms with Gasteiger partial charge in [-0.3, -0.25) is 0 Å². The van der Waals surface area contributed by atoms with E-state index in [0.29, 0.717) is 11.7 Å². The Morgan fingerprint density at radius 3 is 2.45 bits per heavy atom. The van der Waals surface area contributed by atoms with E-state index in [1.807, 2.05) is 6.07 Å². The summed E-state index contributed by atoms with van der Waals surface area (Å²) in [7, 11) is 1.65. The average molecular weight is 395 g/mol. The van der Waals surface area contributed by atoms with Crippen LogP contribution >= 0.6 is 0 Å². The van der Waals surface area contributed by atoms with Crippen molar-refractivity contribution in [2.75, 3.05) is 7.11 Å². The molecule has 0 amide bonds. The minimum atomic E-state index is -0.0992. The van der Waals surface area contributed by atoms with Gasteiger partial charge in [-0.2, -0.15) is 0 Å². The second-order valence-electron chi connectivity index (χ2n) is 9.34. The molecule has 0 spiro atoms. The van der Waals surface area contributed by atoms with Gasteiger partial charge in [0.05, 0.1) is 7.11 Å². The van der Waals surface area contributed by atoms with Gasteiger partial charge in [-0.25, -0.2) is 0 Å². The summed E-state index contributed by atoms with van der Waals surface area (Å²) < 4.78 is 5.66. The van der Waals surface area contributed by atoms with Crippen molar-refractivity contribution in [3.05, 3.63) is 58.2 Å². The second-order valence-corrected chi connectivity index (χ2v) is 9.34. The molecule has 4 nitrogen and oxygen atoms in total. The first-order valence-corrected chi connectivity index (χ1v) is 10.2. The fourth-order valence-corrected chi connectivity index (χ4v) is 5.69. The molecule has 0 saturated heterocycles. The number of benzene rings is 2. The van der Waals surface area contributed by atoms with Gasteiger partial charge in [-0.05, 0) is 78.7 Å². The van der Waals surface area contributed by atoms with Gasteiger partial charge in [0.25, 0.3) is 0 Å². The van der Waals surface area contributed by atoms with Crippen molar-refractivity contribution in [2.45, 2.75) is 52.4 Å². The molecule has 0 unspecified atom stereocenters. The van der Waals surface area contributed by atoms with Crippen LogP contribution in [0.4, 0.5) is 0 Å². The van der Waals surface area contributed by atoms with Gasteiger partial charge in [0, 0.05) is 11.6 Å². The van der Waals surface area contributed by atoms with Crippen molar-refractivity contribution >= 4 is 0 Å². The predicted octanol–water partition coefficient (Wildman–Crippen LogP) is 5.40. The highest BCUT2D eigenvalue weighted by Gasteiger charge is 2.61. The summed E-state index contributed by atoms with van der Waals surface area (Å²) in [4.78, 5) is 0. The number of ether oxygens (including phenoxy) is 1. The third-order valence-electron chi connectivity index (χ3n) is 7.12. The monoisotopic (exact) mass is 394 g/mol. The molecule has 0 bridgehead atoms. The molecule has 4 rings (SSSR count). The SMILES string of the molecule is COc1cc(O)c2c(c1CC=C(C)C)[C@H]1[C@@H](C2)C(C)(C)[C@@H]1c1ccc(O)c(O)c1. The van der Waals surface area contributed by atoms with Gasteiger partial charge in [0.15, 0.2) is 11.5 Å². The van der Waals surface area contributed by atoms with E-state index in [1.165, 1.54) is 11.1 Å². The molecule has 1 fully saturated rings. The number of aromatic hydroxyl groups is 3. The van der Waals surface area contributed by atoms with Crippen LogP contribution in [0.2, 0.25) is 0 Å². The number of methoxy groups -OCH3 is 1. The van der Waals surface area contributed by atoms with Crippen LogP contribution in [0.5, 0.6) is 23.0 Å². The van der Waals surface area contributed by atoms with Crippen LogP contribution in [0, 0.1) is 11.3 Å². The maximum atomic E-state index is 10.7. The van der Waals surface area contributed by atoms with Crippen molar-refractivity contribution in [1.29, 1.82) is 0 Å². The number of allylic oxidation sites excluding steroid dienone is 2. The summed E-state index contributed by atoms with van der Waals surface area (Å²) in [5.74, 6) is 1.73. The Balaban J connectivity index is 1.87. The van der Waals surface area contributed by atoms with Crippen LogP contribution in [0.1, 0.15) is 61.8 Å². The first kappa shape index (κ1) is 19.7. The molecule has 154 valence electrons. The van der Waals surface area contributed by atoms with Crippen LogP contribution < -0.4 is 4.74 Å². The first-order valence-electron chi connectivity index (χ1n) is 10.2. The third-order valence-corrected chi connectivity index (χ3v) is 7.12. The van der Waals surface area contributed by atoms with E-state index in [0.717, 1.165) is 35.3 Å². The number of phenolic OH excluding ortho intramolecular Hbond substituents is 3. The van der Waals surface area contributed by atoms with Crippen LogP contribution in [-0.2, 0) is 12.8 Å². The minimum absolute atomic E-state index is 0.0144. The second kappa shape index (κ2) is 6.72. The lowest BCUT2D eigenvalue weighted by Gasteiger charge is -2.57. The molecule has 1 saturated carbocycles. The standard InChI is InChI=1S/C25H30O4/c1-13(2)6-8-15-21(29-5)12-19(27)16-11-17-23(22(15)16)24(25(17,3)4)14-7-9-18(26)20(28)10-14/h6-7,9-10,12,17,23-24,26-28H,8,11H2,1-5H3/t17-,23-,24-/m1/s1. The van der Waals surface area contributed by atoms with E-state index in [4.69, 9.17) is 4.74 Å². The third kappa shape index (κ3) is 2.88. The zero-order valence-corrected chi connectivity index (χ0v) is 17.8. The quantitative estimate of drug-likeness (QED) is 0.480. The van der Waals surface area contributed by atoms with Gasteiger partial charge in [0.2, 0.25) is 0 Å². The van der Waals surface area contributed by atoms with Crippen molar-refractivity contribution in [3.63, 3.8) is 0 Å². The van der Waals surface area contributed by atoms with Gasteiger partial charge in [0.1, 0.15) is 11.5 Å². The van der Waals surface area contributed by atoms with E-state index in [2.05, 4.69) is 33.8 Å². The zero-order valence-electron chi connectivity index (χ0n) is 17.8. The van der Waals surface area contributed by atoms with Crippen molar-refractivity contribution in [2.24, 2.45) is 11.3 Å². The fourth-order valence-electron chi connectivity index (χ4n) is 5.69. The average Bonchev–Trinajstić information content (AvgIpc) is 3.02. The molecule has 3 atom stereocenters. The van der Waals surface area contributed by atoms with E-state index in [9.17, 15) is 15.3 Å². The molecule has 2 aliphatic rings. The fraction of sp³-hybridized carbons (Fsp3) is 0.440. The lowest BCUT2D eigenvalue weighted by Crippen LogP contribution is -2.48. The molecular formula is C25H30O4. The van der Waals surface area contributed by atoms with Crippen LogP contribution in [0.15, 0.2) is 35.9 Å². The topological polar surface area (TPSA) is 69.9 Å². The highest BCUT2D eigenvalue weighted by atomic mass is 16.5. The Labute approximate surface area is 172 Å². The molecule has 3 N–H and O–H groups in total. The van der Waals surface area contributed by atoms with Crippen molar-refractivity contribution in [1.82, 2.24) is 0 Å². The van der Waals surface area contributed by atoms with Gasteiger partial charge in [-0.15, -0.1) is 0 Å². The molecule has 2 aliphatic carbocycles. The van der Waals surface area contributed by atoms with E-state index in [1.54, 1.807) is 25.3 Å². The molecule has 4 heteroatoms. The normalized spacial score (nSPS) is 23.7. The molecular weight excluding hydrogens is 364 g/mol. The summed E-state index contributed by atoms with van der Waals surface area (Å²) in [6.07, 6.45) is 3.82. The number of hydrogen-bond acceptors (Lipinski definition) is 4. The molecule has 0 heterocycles. The molecule has 0 aliphatic heterocycles. The molecule has 2 aromatic rings. The zero-order chi connectivity index (χ0) is 21.1. The number of rotatable bonds is 4. The summed E-state index contributed by atoms with van der Waals surface area (Å²) >= 11 is 0. The lowest BCUT2D eigenvalue weighted by molar-refractivity contribution is 0.0122. The molecule has 29 heavy (non-hydrogen) atoms. The number of hydrogen-bond donors (Lipinski definition) is 3. The van der Waals surface area contributed by atoms with Crippen LogP contribution in [0.25, 0.3) is 0 Å². The first-order chi connectivity index (χ1) is 13.7. The molecule has 0 aromatic heterocycles. The van der Waals surface area contributed by atoms with E-state index < -0.39 is 0 Å². The lowest BCUT2D eigenvalue weighted by atomic mass is 9.46. The Morgan fingerprint density at radius 2 is 1.83 bits per heavy atom. The summed E-state index contributed by atoms with van der Waals surface area (Å²) in [5, 5.41) is 30.6. The van der Waals surface area contributed by atoms with E-state index >= 15 is 0 Å². The maximum absolute atomic E-state index is 10.7. The molecule has 2 aromatic carbocycles. The summed E-state index contributed by atoms with van der Waals surface area (Å²) in [6.45, 7) is 8.70. The Bertz CT molecular complexity index is 998. The maximum Gasteiger partial charge on any atom is 0.157 e. The van der Waals surface area contributed by atoms with E-state index in [-0.39, 0.29) is 28.7 Å². The number of fused-ring (bicyclic) bond motifs is 3. The summed E-state index contributed by atoms with van der Waals surface area (Å²) in [5.41, 5.74) is 5.68. The Hall–Kier alpha value is -2.62. The Kier molecular flexibility index (Phi) is 4.56.